The van der Waals surface area contributed by atoms with Crippen LogP contribution in [0, 0.1) is 0 Å². The Labute approximate surface area is 107 Å². The zero-order valence-corrected chi connectivity index (χ0v) is 10.6. The molecule has 0 saturated heterocycles. The van der Waals surface area contributed by atoms with Crippen LogP contribution in [0.3, 0.4) is 0 Å². The third-order valence-corrected chi connectivity index (χ3v) is 3.08. The minimum Gasteiger partial charge on any atom is -0.393 e. The molecule has 1 heterocycles. The van der Waals surface area contributed by atoms with Crippen LogP contribution in [0.2, 0.25) is 0 Å². The van der Waals surface area contributed by atoms with Gasteiger partial charge in [-0.15, -0.1) is 0 Å². The molecule has 1 aromatic heterocycles. The SMILES string of the molecule is CCC(O)CCNC(=O)c1ccnc(C2CC2)n1. The molecule has 1 saturated carbocycles. The van der Waals surface area contributed by atoms with Crippen molar-refractivity contribution in [3.63, 3.8) is 0 Å². The van der Waals surface area contributed by atoms with E-state index < -0.39 is 0 Å². The third-order valence-electron chi connectivity index (χ3n) is 3.08. The Morgan fingerprint density at radius 3 is 3.06 bits per heavy atom. The Morgan fingerprint density at radius 1 is 1.61 bits per heavy atom. The second-order valence-corrected chi connectivity index (χ2v) is 4.68. The summed E-state index contributed by atoms with van der Waals surface area (Å²) >= 11 is 0. The van der Waals surface area contributed by atoms with Crippen molar-refractivity contribution in [1.82, 2.24) is 15.3 Å². The van der Waals surface area contributed by atoms with Gasteiger partial charge in [0, 0.05) is 18.7 Å². The fourth-order valence-corrected chi connectivity index (χ4v) is 1.69. The monoisotopic (exact) mass is 249 g/mol. The van der Waals surface area contributed by atoms with Gasteiger partial charge in [-0.2, -0.15) is 0 Å². The lowest BCUT2D eigenvalue weighted by atomic mass is 10.2. The molecular formula is C13H19N3O2. The lowest BCUT2D eigenvalue weighted by Gasteiger charge is -2.08. The van der Waals surface area contributed by atoms with Gasteiger partial charge in [-0.05, 0) is 31.7 Å². The van der Waals surface area contributed by atoms with Gasteiger partial charge in [-0.25, -0.2) is 9.97 Å². The molecule has 2 N–H and O–H groups in total. The minimum absolute atomic E-state index is 0.192. The minimum atomic E-state index is -0.349. The average molecular weight is 249 g/mol. The molecule has 5 heteroatoms. The molecule has 1 unspecified atom stereocenters. The second kappa shape index (κ2) is 5.91. The molecule has 0 spiro atoms. The molecule has 0 aromatic carbocycles. The topological polar surface area (TPSA) is 75.1 Å². The summed E-state index contributed by atoms with van der Waals surface area (Å²) in [5, 5.41) is 12.2. The number of nitrogens with one attached hydrogen (secondary N) is 1. The molecule has 1 fully saturated rings. The van der Waals surface area contributed by atoms with E-state index in [2.05, 4.69) is 15.3 Å². The van der Waals surface area contributed by atoms with Crippen molar-refractivity contribution >= 4 is 5.91 Å². The van der Waals surface area contributed by atoms with Crippen molar-refractivity contribution in [3.05, 3.63) is 23.8 Å². The molecule has 0 bridgehead atoms. The Balaban J connectivity index is 1.86. The van der Waals surface area contributed by atoms with Gasteiger partial charge in [0.15, 0.2) is 0 Å². The maximum Gasteiger partial charge on any atom is 0.270 e. The van der Waals surface area contributed by atoms with Crippen LogP contribution in [0.1, 0.15) is 54.8 Å². The molecule has 1 aromatic rings. The van der Waals surface area contributed by atoms with Crippen LogP contribution < -0.4 is 5.32 Å². The highest BCUT2D eigenvalue weighted by Crippen LogP contribution is 2.37. The van der Waals surface area contributed by atoms with E-state index in [1.807, 2.05) is 6.92 Å². The molecule has 1 aliphatic carbocycles. The number of hydrogen-bond donors (Lipinski definition) is 2. The first-order chi connectivity index (χ1) is 8.70. The molecular weight excluding hydrogens is 230 g/mol. The Kier molecular flexibility index (Phi) is 4.25. The summed E-state index contributed by atoms with van der Waals surface area (Å²) in [6.45, 7) is 2.38. The fourth-order valence-electron chi connectivity index (χ4n) is 1.69. The van der Waals surface area contributed by atoms with Crippen molar-refractivity contribution < 1.29 is 9.90 Å². The van der Waals surface area contributed by atoms with Crippen molar-refractivity contribution in [3.8, 4) is 0 Å². The van der Waals surface area contributed by atoms with Gasteiger partial charge in [-0.1, -0.05) is 6.92 Å². The number of amides is 1. The van der Waals surface area contributed by atoms with Crippen molar-refractivity contribution in [2.45, 2.75) is 44.6 Å². The van der Waals surface area contributed by atoms with Gasteiger partial charge in [0.2, 0.25) is 0 Å². The molecule has 18 heavy (non-hydrogen) atoms. The van der Waals surface area contributed by atoms with Gasteiger partial charge < -0.3 is 10.4 Å². The lowest BCUT2D eigenvalue weighted by Crippen LogP contribution is -2.28. The summed E-state index contributed by atoms with van der Waals surface area (Å²) in [6.07, 6.45) is 4.80. The van der Waals surface area contributed by atoms with Gasteiger partial charge >= 0.3 is 0 Å². The first-order valence-electron chi connectivity index (χ1n) is 6.50. The van der Waals surface area contributed by atoms with Crippen LogP contribution in [0.4, 0.5) is 0 Å². The van der Waals surface area contributed by atoms with Crippen LogP contribution in [0.5, 0.6) is 0 Å². The van der Waals surface area contributed by atoms with E-state index in [4.69, 9.17) is 0 Å². The summed E-state index contributed by atoms with van der Waals surface area (Å²) in [7, 11) is 0. The Bertz CT molecular complexity index is 418. The van der Waals surface area contributed by atoms with E-state index in [9.17, 15) is 9.90 Å². The summed E-state index contributed by atoms with van der Waals surface area (Å²) in [5.74, 6) is 1.03. The number of aliphatic hydroxyl groups is 1. The number of hydrogen-bond acceptors (Lipinski definition) is 4. The standard InChI is InChI=1S/C13H19N3O2/c1-2-10(17)5-7-15-13(18)11-6-8-14-12(16-11)9-3-4-9/h6,8-10,17H,2-5,7H2,1H3,(H,15,18). The number of aliphatic hydroxyl groups excluding tert-OH is 1. The van der Waals surface area contributed by atoms with Crippen molar-refractivity contribution in [2.24, 2.45) is 0 Å². The van der Waals surface area contributed by atoms with E-state index >= 15 is 0 Å². The number of carbonyl (C=O) groups excluding carboxylic acids is 1. The van der Waals surface area contributed by atoms with Crippen LogP contribution in [-0.4, -0.2) is 33.6 Å². The van der Waals surface area contributed by atoms with E-state index in [0.29, 0.717) is 31.0 Å². The van der Waals surface area contributed by atoms with Crippen molar-refractivity contribution in [2.75, 3.05) is 6.54 Å². The molecule has 1 amide bonds. The fraction of sp³-hybridized carbons (Fsp3) is 0.615. The largest absolute Gasteiger partial charge is 0.393 e. The van der Waals surface area contributed by atoms with E-state index in [0.717, 1.165) is 18.7 Å². The van der Waals surface area contributed by atoms with Crippen LogP contribution in [-0.2, 0) is 0 Å². The summed E-state index contributed by atoms with van der Waals surface area (Å²) in [6, 6.07) is 1.62. The predicted molar refractivity (Wildman–Crippen MR) is 67.3 cm³/mol. The zero-order valence-electron chi connectivity index (χ0n) is 10.6. The summed E-state index contributed by atoms with van der Waals surface area (Å²) in [5.41, 5.74) is 0.415. The zero-order chi connectivity index (χ0) is 13.0. The third kappa shape index (κ3) is 3.50. The van der Waals surface area contributed by atoms with Gasteiger partial charge in [0.25, 0.3) is 5.91 Å². The predicted octanol–water partition coefficient (Wildman–Crippen LogP) is 1.24. The molecule has 98 valence electrons. The van der Waals surface area contributed by atoms with Crippen LogP contribution in [0.15, 0.2) is 12.3 Å². The quantitative estimate of drug-likeness (QED) is 0.795. The van der Waals surface area contributed by atoms with E-state index in [-0.39, 0.29) is 12.0 Å². The highest BCUT2D eigenvalue weighted by Gasteiger charge is 2.27. The maximum atomic E-state index is 11.8. The number of aromatic nitrogens is 2. The molecule has 5 nitrogen and oxygen atoms in total. The Morgan fingerprint density at radius 2 is 2.39 bits per heavy atom. The van der Waals surface area contributed by atoms with Gasteiger partial charge in [-0.3, -0.25) is 4.79 Å². The normalized spacial score (nSPS) is 16.3. The van der Waals surface area contributed by atoms with Crippen LogP contribution >= 0.6 is 0 Å². The maximum absolute atomic E-state index is 11.8. The highest BCUT2D eigenvalue weighted by atomic mass is 16.3. The van der Waals surface area contributed by atoms with Crippen molar-refractivity contribution in [1.29, 1.82) is 0 Å². The molecule has 0 radical (unpaired) electrons. The molecule has 1 aliphatic rings. The highest BCUT2D eigenvalue weighted by molar-refractivity contribution is 5.92. The average Bonchev–Trinajstić information content (AvgIpc) is 3.23. The van der Waals surface area contributed by atoms with Gasteiger partial charge in [0.1, 0.15) is 11.5 Å². The second-order valence-electron chi connectivity index (χ2n) is 4.68. The smallest absolute Gasteiger partial charge is 0.270 e. The number of nitrogens with zero attached hydrogens (tertiary/aromatic N) is 2. The first kappa shape index (κ1) is 13.0. The number of carbonyl (C=O) groups is 1. The van der Waals surface area contributed by atoms with E-state index in [1.54, 1.807) is 12.3 Å². The Hall–Kier alpha value is -1.49. The lowest BCUT2D eigenvalue weighted by molar-refractivity contribution is 0.0936. The van der Waals surface area contributed by atoms with Crippen LogP contribution in [0.25, 0.3) is 0 Å². The van der Waals surface area contributed by atoms with Gasteiger partial charge in [0.05, 0.1) is 6.10 Å². The summed E-state index contributed by atoms with van der Waals surface area (Å²) in [4.78, 5) is 20.3. The van der Waals surface area contributed by atoms with E-state index in [1.165, 1.54) is 0 Å². The molecule has 2 rings (SSSR count). The molecule has 1 atom stereocenters. The molecule has 0 aliphatic heterocycles. The number of rotatable bonds is 6. The first-order valence-corrected chi connectivity index (χ1v) is 6.50. The summed E-state index contributed by atoms with van der Waals surface area (Å²) < 4.78 is 0.